The standard InChI is InChI=1S/C9H14ClN3O/c1-7-11-12-9(10)13(7)6-8-2-4-14-5-3-8/h8H,2-6H2,1H3. The molecule has 0 unspecified atom stereocenters. The Hall–Kier alpha value is -0.610. The van der Waals surface area contributed by atoms with Crippen LogP contribution in [-0.2, 0) is 11.3 Å². The molecule has 1 aromatic heterocycles. The minimum Gasteiger partial charge on any atom is -0.381 e. The van der Waals surface area contributed by atoms with Gasteiger partial charge in [-0.25, -0.2) is 0 Å². The van der Waals surface area contributed by atoms with Gasteiger partial charge in [0.1, 0.15) is 5.82 Å². The maximum absolute atomic E-state index is 5.92. The molecule has 0 spiro atoms. The molecule has 0 amide bonds. The van der Waals surface area contributed by atoms with Crippen molar-refractivity contribution in [3.05, 3.63) is 11.1 Å². The van der Waals surface area contributed by atoms with Crippen LogP contribution < -0.4 is 0 Å². The molecule has 1 aliphatic heterocycles. The fourth-order valence-electron chi connectivity index (χ4n) is 1.75. The lowest BCUT2D eigenvalue weighted by molar-refractivity contribution is 0.0611. The number of ether oxygens (including phenoxy) is 1. The molecule has 0 atom stereocenters. The number of rotatable bonds is 2. The van der Waals surface area contributed by atoms with Gasteiger partial charge in [-0.1, -0.05) is 0 Å². The highest BCUT2D eigenvalue weighted by atomic mass is 35.5. The molecule has 1 aliphatic rings. The van der Waals surface area contributed by atoms with Gasteiger partial charge in [-0.3, -0.25) is 0 Å². The molecule has 0 N–H and O–H groups in total. The Bertz CT molecular complexity index is 288. The quantitative estimate of drug-likeness (QED) is 0.754. The smallest absolute Gasteiger partial charge is 0.225 e. The molecule has 0 aromatic carbocycles. The first-order chi connectivity index (χ1) is 6.77. The van der Waals surface area contributed by atoms with Gasteiger partial charge >= 0.3 is 0 Å². The van der Waals surface area contributed by atoms with Crippen LogP contribution in [0.5, 0.6) is 0 Å². The van der Waals surface area contributed by atoms with Gasteiger partial charge in [0.2, 0.25) is 5.28 Å². The third-order valence-corrected chi connectivity index (χ3v) is 2.95. The van der Waals surface area contributed by atoms with E-state index in [4.69, 9.17) is 16.3 Å². The summed E-state index contributed by atoms with van der Waals surface area (Å²) in [6, 6.07) is 0. The maximum atomic E-state index is 5.92. The summed E-state index contributed by atoms with van der Waals surface area (Å²) in [6.45, 7) is 4.58. The summed E-state index contributed by atoms with van der Waals surface area (Å²) in [6.07, 6.45) is 2.21. The third kappa shape index (κ3) is 2.07. The zero-order chi connectivity index (χ0) is 9.97. The highest BCUT2D eigenvalue weighted by Gasteiger charge is 2.17. The predicted octanol–water partition coefficient (Wildman–Crippen LogP) is 1.67. The van der Waals surface area contributed by atoms with Gasteiger partial charge in [-0.15, -0.1) is 10.2 Å². The minimum absolute atomic E-state index is 0.494. The fraction of sp³-hybridized carbons (Fsp3) is 0.778. The van der Waals surface area contributed by atoms with Gasteiger partial charge in [0.25, 0.3) is 0 Å². The van der Waals surface area contributed by atoms with Crippen molar-refractivity contribution in [2.24, 2.45) is 5.92 Å². The molecule has 2 heterocycles. The lowest BCUT2D eigenvalue weighted by Gasteiger charge is -2.22. The molecular weight excluding hydrogens is 202 g/mol. The van der Waals surface area contributed by atoms with Crippen molar-refractivity contribution in [1.29, 1.82) is 0 Å². The van der Waals surface area contributed by atoms with Crippen molar-refractivity contribution >= 4 is 11.6 Å². The van der Waals surface area contributed by atoms with E-state index in [2.05, 4.69) is 10.2 Å². The number of halogens is 1. The average molecular weight is 216 g/mol. The van der Waals surface area contributed by atoms with E-state index in [0.717, 1.165) is 38.4 Å². The van der Waals surface area contributed by atoms with Gasteiger partial charge < -0.3 is 9.30 Å². The SMILES string of the molecule is Cc1nnc(Cl)n1CC1CCOCC1. The van der Waals surface area contributed by atoms with Crippen LogP contribution in [0.25, 0.3) is 0 Å². The molecule has 2 rings (SSSR count). The van der Waals surface area contributed by atoms with E-state index in [9.17, 15) is 0 Å². The van der Waals surface area contributed by atoms with E-state index in [1.54, 1.807) is 0 Å². The molecule has 78 valence electrons. The topological polar surface area (TPSA) is 39.9 Å². The first kappa shape index (κ1) is 9.93. The molecule has 0 bridgehead atoms. The van der Waals surface area contributed by atoms with Crippen molar-refractivity contribution in [2.45, 2.75) is 26.3 Å². The Morgan fingerprint density at radius 3 is 2.71 bits per heavy atom. The Balaban J connectivity index is 2.02. The highest BCUT2D eigenvalue weighted by molar-refractivity contribution is 6.28. The molecule has 0 saturated carbocycles. The van der Waals surface area contributed by atoms with Gasteiger partial charge in [0, 0.05) is 19.8 Å². The zero-order valence-corrected chi connectivity index (χ0v) is 9.00. The summed E-state index contributed by atoms with van der Waals surface area (Å²) >= 11 is 5.92. The van der Waals surface area contributed by atoms with Crippen molar-refractivity contribution in [3.63, 3.8) is 0 Å². The van der Waals surface area contributed by atoms with E-state index in [0.29, 0.717) is 11.2 Å². The second-order valence-corrected chi connectivity index (χ2v) is 4.02. The van der Waals surface area contributed by atoms with Gasteiger partial charge in [0.15, 0.2) is 0 Å². The molecule has 1 aromatic rings. The lowest BCUT2D eigenvalue weighted by atomic mass is 10.0. The molecule has 0 radical (unpaired) electrons. The van der Waals surface area contributed by atoms with Crippen molar-refractivity contribution < 1.29 is 4.74 Å². The maximum Gasteiger partial charge on any atom is 0.225 e. The summed E-state index contributed by atoms with van der Waals surface area (Å²) in [4.78, 5) is 0. The Kier molecular flexibility index (Phi) is 3.03. The molecule has 5 heteroatoms. The number of aromatic nitrogens is 3. The van der Waals surface area contributed by atoms with Crippen molar-refractivity contribution in [2.75, 3.05) is 13.2 Å². The van der Waals surface area contributed by atoms with E-state index in [1.807, 2.05) is 11.5 Å². The molecule has 4 nitrogen and oxygen atoms in total. The van der Waals surface area contributed by atoms with Crippen LogP contribution in [0.2, 0.25) is 5.28 Å². The Morgan fingerprint density at radius 2 is 2.14 bits per heavy atom. The largest absolute Gasteiger partial charge is 0.381 e. The summed E-state index contributed by atoms with van der Waals surface area (Å²) < 4.78 is 7.28. The van der Waals surface area contributed by atoms with Crippen molar-refractivity contribution in [1.82, 2.24) is 14.8 Å². The van der Waals surface area contributed by atoms with Crippen molar-refractivity contribution in [3.8, 4) is 0 Å². The van der Waals surface area contributed by atoms with Crippen LogP contribution in [0.3, 0.4) is 0 Å². The summed E-state index contributed by atoms with van der Waals surface area (Å²) in [5.41, 5.74) is 0. The van der Waals surface area contributed by atoms with Crippen LogP contribution in [0, 0.1) is 12.8 Å². The number of hydrogen-bond donors (Lipinski definition) is 0. The van der Waals surface area contributed by atoms with Crippen LogP contribution in [-0.4, -0.2) is 28.0 Å². The molecule has 1 fully saturated rings. The summed E-state index contributed by atoms with van der Waals surface area (Å²) in [5, 5.41) is 8.25. The lowest BCUT2D eigenvalue weighted by Crippen LogP contribution is -2.21. The second-order valence-electron chi connectivity index (χ2n) is 3.68. The highest BCUT2D eigenvalue weighted by Crippen LogP contribution is 2.19. The van der Waals surface area contributed by atoms with Gasteiger partial charge in [-0.2, -0.15) is 0 Å². The number of hydrogen-bond acceptors (Lipinski definition) is 3. The third-order valence-electron chi connectivity index (χ3n) is 2.67. The van der Waals surface area contributed by atoms with E-state index in [1.165, 1.54) is 0 Å². The molecular formula is C9H14ClN3O. The normalized spacial score (nSPS) is 18.7. The summed E-state index contributed by atoms with van der Waals surface area (Å²) in [5.74, 6) is 1.54. The monoisotopic (exact) mass is 215 g/mol. The average Bonchev–Trinajstić information content (AvgIpc) is 2.51. The van der Waals surface area contributed by atoms with E-state index < -0.39 is 0 Å². The van der Waals surface area contributed by atoms with E-state index in [-0.39, 0.29) is 0 Å². The first-order valence-corrected chi connectivity index (χ1v) is 5.28. The number of aryl methyl sites for hydroxylation is 1. The minimum atomic E-state index is 0.494. The van der Waals surface area contributed by atoms with Crippen LogP contribution in [0.15, 0.2) is 0 Å². The summed E-state index contributed by atoms with van der Waals surface area (Å²) in [7, 11) is 0. The second kappa shape index (κ2) is 4.28. The van der Waals surface area contributed by atoms with E-state index >= 15 is 0 Å². The Labute approximate surface area is 88.2 Å². The molecule has 0 aliphatic carbocycles. The predicted molar refractivity (Wildman–Crippen MR) is 53.3 cm³/mol. The van der Waals surface area contributed by atoms with Gasteiger partial charge in [-0.05, 0) is 37.3 Å². The molecule has 1 saturated heterocycles. The van der Waals surface area contributed by atoms with Crippen LogP contribution >= 0.6 is 11.6 Å². The first-order valence-electron chi connectivity index (χ1n) is 4.90. The zero-order valence-electron chi connectivity index (χ0n) is 8.24. The number of nitrogens with zero attached hydrogens (tertiary/aromatic N) is 3. The molecule has 14 heavy (non-hydrogen) atoms. The Morgan fingerprint density at radius 1 is 1.43 bits per heavy atom. The fourth-order valence-corrected chi connectivity index (χ4v) is 1.98. The van der Waals surface area contributed by atoms with Crippen LogP contribution in [0.4, 0.5) is 0 Å². The van der Waals surface area contributed by atoms with Gasteiger partial charge in [0.05, 0.1) is 0 Å². The van der Waals surface area contributed by atoms with Crippen LogP contribution in [0.1, 0.15) is 18.7 Å².